The van der Waals surface area contributed by atoms with Crippen LogP contribution in [-0.2, 0) is 12.1 Å². The Bertz CT molecular complexity index is 1490. The predicted octanol–water partition coefficient (Wildman–Crippen LogP) is 8.71. The number of anilines is 1. The molecule has 3 rings (SSSR count). The number of nitrogens with zero attached hydrogens (tertiary/aromatic N) is 1. The number of Topliss-reactive ketones (excluding diaryl/α,β-unsaturated/α-hetero) is 1. The summed E-state index contributed by atoms with van der Waals surface area (Å²) in [5, 5.41) is 0. The number of halogens is 12. The molecule has 232 valence electrons. The predicted molar refractivity (Wildman–Crippen MR) is 134 cm³/mol. The molecule has 0 radical (unpaired) electrons. The lowest BCUT2D eigenvalue weighted by atomic mass is 9.91. The lowest BCUT2D eigenvalue weighted by Crippen LogP contribution is -2.50. The molecule has 0 saturated heterocycles. The van der Waals surface area contributed by atoms with Gasteiger partial charge in [0.05, 0.1) is 11.3 Å². The van der Waals surface area contributed by atoms with Gasteiger partial charge < -0.3 is 9.64 Å². The summed E-state index contributed by atoms with van der Waals surface area (Å²) in [4.78, 5) is 26.9. The topological polar surface area (TPSA) is 46.6 Å². The molecule has 0 aliphatic heterocycles. The fraction of sp³-hybridized carbons (Fsp3) is 0.259. The molecule has 0 unspecified atom stereocenters. The van der Waals surface area contributed by atoms with E-state index in [1.165, 1.54) is 6.92 Å². The van der Waals surface area contributed by atoms with Gasteiger partial charge in [0, 0.05) is 34.1 Å². The minimum Gasteiger partial charge on any atom is -0.434 e. The normalized spacial score (nSPS) is 12.4. The smallest absolute Gasteiger partial charge is 0.434 e. The van der Waals surface area contributed by atoms with Gasteiger partial charge in [-0.2, -0.15) is 35.1 Å². The van der Waals surface area contributed by atoms with Gasteiger partial charge in [-0.25, -0.2) is 13.2 Å². The van der Waals surface area contributed by atoms with E-state index in [2.05, 4.69) is 20.7 Å². The molecule has 0 saturated carbocycles. The maximum absolute atomic E-state index is 15.6. The Balaban J connectivity index is 2.07. The second-order valence-corrected chi connectivity index (χ2v) is 9.62. The van der Waals surface area contributed by atoms with Crippen molar-refractivity contribution < 1.29 is 62.6 Å². The van der Waals surface area contributed by atoms with Crippen LogP contribution >= 0.6 is 15.9 Å². The molecule has 0 aromatic heterocycles. The van der Waals surface area contributed by atoms with E-state index >= 15 is 4.39 Å². The van der Waals surface area contributed by atoms with E-state index in [1.54, 1.807) is 0 Å². The van der Waals surface area contributed by atoms with Crippen molar-refractivity contribution in [3.8, 4) is 5.75 Å². The lowest BCUT2D eigenvalue weighted by Gasteiger charge is -2.31. The Morgan fingerprint density at radius 3 is 2.00 bits per heavy atom. The zero-order chi connectivity index (χ0) is 32.5. The quantitative estimate of drug-likeness (QED) is 0.167. The van der Waals surface area contributed by atoms with Crippen LogP contribution in [0.25, 0.3) is 0 Å². The van der Waals surface area contributed by atoms with Crippen molar-refractivity contribution >= 4 is 33.3 Å². The second kappa shape index (κ2) is 12.5. The highest BCUT2D eigenvalue weighted by Gasteiger charge is 2.73. The summed E-state index contributed by atoms with van der Waals surface area (Å²) in [6.07, 6.45) is -14.3. The number of alkyl halides is 9. The van der Waals surface area contributed by atoms with Crippen LogP contribution in [0.1, 0.15) is 38.8 Å². The van der Waals surface area contributed by atoms with E-state index in [1.807, 2.05) is 0 Å². The number of hydrogen-bond donors (Lipinski definition) is 0. The molecule has 0 aliphatic carbocycles. The van der Waals surface area contributed by atoms with Crippen molar-refractivity contribution in [1.29, 1.82) is 0 Å². The first kappa shape index (κ1) is 33.8. The van der Waals surface area contributed by atoms with Gasteiger partial charge in [0.2, 0.25) is 0 Å². The largest absolute Gasteiger partial charge is 0.435 e. The van der Waals surface area contributed by atoms with Crippen LogP contribution in [0.2, 0.25) is 0 Å². The van der Waals surface area contributed by atoms with E-state index in [9.17, 15) is 53.5 Å². The van der Waals surface area contributed by atoms with Crippen LogP contribution in [0.3, 0.4) is 0 Å². The first-order valence-electron chi connectivity index (χ1n) is 11.8. The molecule has 16 heteroatoms. The van der Waals surface area contributed by atoms with Crippen LogP contribution < -0.4 is 9.64 Å². The molecule has 0 atom stereocenters. The average molecular weight is 692 g/mol. The number of carbonyl (C=O) groups excluding carboxylic acids is 2. The standard InChI is InChI=1S/C27H17BrF11NO3/c1-2-40(23(42)13-6-8-15(29)9-7-13)19-5-3-4-16(22(19)30)20(41)12-17-18(28)10-14(11-21(17)43-24(31)32)25(33,26(34,35)36)27(37,38)39/h3-11,24H,2,12H2,1H3. The first-order valence-corrected chi connectivity index (χ1v) is 12.6. The maximum Gasteiger partial charge on any atom is 0.435 e. The van der Waals surface area contributed by atoms with Gasteiger partial charge in [0.25, 0.3) is 5.91 Å². The summed E-state index contributed by atoms with van der Waals surface area (Å²) in [5.74, 6) is -5.37. The average Bonchev–Trinajstić information content (AvgIpc) is 2.89. The van der Waals surface area contributed by atoms with E-state index in [0.717, 1.165) is 47.4 Å². The third kappa shape index (κ3) is 6.78. The Morgan fingerprint density at radius 1 is 0.907 bits per heavy atom. The summed E-state index contributed by atoms with van der Waals surface area (Å²) in [5.41, 5.74) is -10.1. The zero-order valence-corrected chi connectivity index (χ0v) is 23.0. The fourth-order valence-electron chi connectivity index (χ4n) is 4.04. The van der Waals surface area contributed by atoms with Gasteiger partial charge in [-0.1, -0.05) is 22.0 Å². The van der Waals surface area contributed by atoms with Crippen LogP contribution in [0.15, 0.2) is 59.1 Å². The van der Waals surface area contributed by atoms with Crippen molar-refractivity contribution in [3.63, 3.8) is 0 Å². The number of hydrogen-bond acceptors (Lipinski definition) is 3. The summed E-state index contributed by atoms with van der Waals surface area (Å²) in [7, 11) is 0. The zero-order valence-electron chi connectivity index (χ0n) is 21.4. The molecule has 3 aromatic rings. The fourth-order valence-corrected chi connectivity index (χ4v) is 4.62. The third-order valence-electron chi connectivity index (χ3n) is 6.11. The van der Waals surface area contributed by atoms with Crippen LogP contribution in [0, 0.1) is 11.6 Å². The van der Waals surface area contributed by atoms with Gasteiger partial charge in [-0.05, 0) is 55.5 Å². The van der Waals surface area contributed by atoms with Crippen LogP contribution in [0.5, 0.6) is 5.75 Å². The van der Waals surface area contributed by atoms with Gasteiger partial charge in [0.15, 0.2) is 11.6 Å². The molecule has 0 spiro atoms. The highest BCUT2D eigenvalue weighted by atomic mass is 79.9. The molecule has 0 fully saturated rings. The van der Waals surface area contributed by atoms with Gasteiger partial charge >= 0.3 is 24.6 Å². The van der Waals surface area contributed by atoms with Crippen molar-refractivity contribution in [2.75, 3.05) is 11.4 Å². The van der Waals surface area contributed by atoms with Crippen molar-refractivity contribution in [1.82, 2.24) is 0 Å². The van der Waals surface area contributed by atoms with Crippen molar-refractivity contribution in [2.45, 2.75) is 38.0 Å². The summed E-state index contributed by atoms with van der Waals surface area (Å²) in [6.45, 7) is -2.53. The second-order valence-electron chi connectivity index (χ2n) is 8.76. The monoisotopic (exact) mass is 691 g/mol. The molecular weight excluding hydrogens is 675 g/mol. The highest BCUT2D eigenvalue weighted by Crippen LogP contribution is 2.54. The first-order chi connectivity index (χ1) is 19.8. The molecule has 0 N–H and O–H groups in total. The van der Waals surface area contributed by atoms with Crippen molar-refractivity contribution in [3.05, 3.63) is 93.0 Å². The maximum atomic E-state index is 15.6. The lowest BCUT2D eigenvalue weighted by molar-refractivity contribution is -0.348. The van der Waals surface area contributed by atoms with Gasteiger partial charge in [-0.3, -0.25) is 9.59 Å². The number of benzene rings is 3. The molecule has 43 heavy (non-hydrogen) atoms. The van der Waals surface area contributed by atoms with Gasteiger partial charge in [0.1, 0.15) is 11.6 Å². The molecular formula is C27H17BrF11NO3. The number of ketones is 1. The molecule has 1 amide bonds. The molecule has 0 bridgehead atoms. The minimum absolute atomic E-state index is 0.00508. The third-order valence-corrected chi connectivity index (χ3v) is 6.82. The Labute approximate surface area is 244 Å². The Hall–Kier alpha value is -3.69. The van der Waals surface area contributed by atoms with Crippen molar-refractivity contribution in [2.24, 2.45) is 0 Å². The summed E-state index contributed by atoms with van der Waals surface area (Å²) >= 11 is 2.58. The molecule has 0 heterocycles. The number of ether oxygens (including phenoxy) is 1. The van der Waals surface area contributed by atoms with E-state index in [0.29, 0.717) is 0 Å². The van der Waals surface area contributed by atoms with Crippen LogP contribution in [0.4, 0.5) is 54.0 Å². The minimum atomic E-state index is -6.58. The Morgan fingerprint density at radius 2 is 1.49 bits per heavy atom. The van der Waals surface area contributed by atoms with E-state index in [4.69, 9.17) is 0 Å². The number of amides is 1. The van der Waals surface area contributed by atoms with E-state index in [-0.39, 0.29) is 24.2 Å². The summed E-state index contributed by atoms with van der Waals surface area (Å²) < 4.78 is 152. The molecule has 0 aliphatic rings. The molecule has 4 nitrogen and oxygen atoms in total. The molecule has 3 aromatic carbocycles. The summed E-state index contributed by atoms with van der Waals surface area (Å²) in [6, 6.07) is 7.12. The van der Waals surface area contributed by atoms with Gasteiger partial charge in [-0.15, -0.1) is 0 Å². The SMILES string of the molecule is CCN(C(=O)c1ccc(F)cc1)c1cccc(C(=O)Cc2c(Br)cc(C(F)(C(F)(F)F)C(F)(F)F)cc2OC(F)F)c1F. The van der Waals surface area contributed by atoms with E-state index < -0.39 is 87.0 Å². The van der Waals surface area contributed by atoms with Crippen LogP contribution in [-0.4, -0.2) is 37.2 Å². The number of rotatable bonds is 9. The Kier molecular flexibility index (Phi) is 9.83. The number of carbonyl (C=O) groups is 2. The highest BCUT2D eigenvalue weighted by molar-refractivity contribution is 9.10.